The molecule has 2 aromatic carbocycles. The van der Waals surface area contributed by atoms with Crippen molar-refractivity contribution in [1.29, 1.82) is 0 Å². The van der Waals surface area contributed by atoms with Crippen molar-refractivity contribution in [3.63, 3.8) is 0 Å². The van der Waals surface area contributed by atoms with Crippen LogP contribution in [0.1, 0.15) is 18.2 Å². The summed E-state index contributed by atoms with van der Waals surface area (Å²) in [6, 6.07) is 19.3. The highest BCUT2D eigenvalue weighted by Crippen LogP contribution is 2.27. The fraction of sp³-hybridized carbons (Fsp3) is 0.360. The largest absolute Gasteiger partial charge is 0.368 e. The summed E-state index contributed by atoms with van der Waals surface area (Å²) in [7, 11) is 0. The van der Waals surface area contributed by atoms with Gasteiger partial charge in [-0.25, -0.2) is 0 Å². The fourth-order valence-corrected chi connectivity index (χ4v) is 4.42. The van der Waals surface area contributed by atoms with E-state index < -0.39 is 0 Å². The number of halogens is 2. The standard InChI is InChI=1S/C25H31N5S.2ClH/c1-3-26-25(31)28-21-7-4-6-20(18-21)12-13-29-14-16-30(17-15-29)24-9-5-8-23-22(24)11-10-19(2)27-23;;/h4-11,18H,3,12-17H2,1-2H3,(H2,26,28,31);2*1H. The number of benzene rings is 2. The molecular formula is C25H33Cl2N5S. The first kappa shape index (κ1) is 27.1. The number of hydrogen-bond donors (Lipinski definition) is 2. The van der Waals surface area contributed by atoms with Crippen molar-refractivity contribution in [2.75, 3.05) is 49.5 Å². The molecule has 1 aliphatic heterocycles. The van der Waals surface area contributed by atoms with Gasteiger partial charge in [-0.3, -0.25) is 9.88 Å². The zero-order valence-corrected chi connectivity index (χ0v) is 21.7. The van der Waals surface area contributed by atoms with E-state index in [0.717, 1.165) is 62.6 Å². The normalized spacial score (nSPS) is 13.7. The van der Waals surface area contributed by atoms with Crippen LogP contribution in [0.3, 0.4) is 0 Å². The first-order valence-electron chi connectivity index (χ1n) is 11.1. The summed E-state index contributed by atoms with van der Waals surface area (Å²) in [6.45, 7) is 10.3. The molecule has 0 unspecified atom stereocenters. The van der Waals surface area contributed by atoms with E-state index in [-0.39, 0.29) is 24.8 Å². The van der Waals surface area contributed by atoms with E-state index in [9.17, 15) is 0 Å². The van der Waals surface area contributed by atoms with Crippen molar-refractivity contribution in [1.82, 2.24) is 15.2 Å². The Hall–Kier alpha value is -2.12. The number of piperazine rings is 1. The van der Waals surface area contributed by atoms with Gasteiger partial charge >= 0.3 is 0 Å². The molecule has 33 heavy (non-hydrogen) atoms. The summed E-state index contributed by atoms with van der Waals surface area (Å²) in [5, 5.41) is 8.32. The highest BCUT2D eigenvalue weighted by atomic mass is 35.5. The molecule has 1 fully saturated rings. The summed E-state index contributed by atoms with van der Waals surface area (Å²) in [5.41, 5.74) is 5.84. The maximum Gasteiger partial charge on any atom is 0.170 e. The molecule has 0 amide bonds. The van der Waals surface area contributed by atoms with Crippen molar-refractivity contribution in [2.45, 2.75) is 20.3 Å². The Morgan fingerprint density at radius 1 is 1.00 bits per heavy atom. The van der Waals surface area contributed by atoms with E-state index in [4.69, 9.17) is 17.2 Å². The summed E-state index contributed by atoms with van der Waals surface area (Å²) < 4.78 is 0. The lowest BCUT2D eigenvalue weighted by Crippen LogP contribution is -2.47. The van der Waals surface area contributed by atoms with Crippen molar-refractivity contribution >= 4 is 64.4 Å². The number of rotatable bonds is 6. The quantitative estimate of drug-likeness (QED) is 0.456. The summed E-state index contributed by atoms with van der Waals surface area (Å²) in [4.78, 5) is 9.76. The SMILES string of the molecule is CCNC(=S)Nc1cccc(CCN2CCN(c3cccc4nc(C)ccc34)CC2)c1.Cl.Cl. The van der Waals surface area contributed by atoms with Crippen LogP contribution < -0.4 is 15.5 Å². The number of nitrogens with one attached hydrogen (secondary N) is 2. The van der Waals surface area contributed by atoms with Gasteiger partial charge in [-0.05, 0) is 74.4 Å². The molecular weight excluding hydrogens is 473 g/mol. The second kappa shape index (κ2) is 12.9. The molecule has 8 heteroatoms. The van der Waals surface area contributed by atoms with Gasteiger partial charge in [0.1, 0.15) is 0 Å². The molecule has 1 saturated heterocycles. The molecule has 0 saturated carbocycles. The van der Waals surface area contributed by atoms with Crippen LogP contribution in [-0.2, 0) is 6.42 Å². The van der Waals surface area contributed by atoms with Gasteiger partial charge in [-0.15, -0.1) is 24.8 Å². The summed E-state index contributed by atoms with van der Waals surface area (Å²) in [6.07, 6.45) is 1.04. The maximum absolute atomic E-state index is 5.29. The lowest BCUT2D eigenvalue weighted by Gasteiger charge is -2.36. The van der Waals surface area contributed by atoms with Crippen molar-refractivity contribution in [2.24, 2.45) is 0 Å². The molecule has 1 aromatic heterocycles. The lowest BCUT2D eigenvalue weighted by molar-refractivity contribution is 0.261. The van der Waals surface area contributed by atoms with Crippen LogP contribution in [0, 0.1) is 6.92 Å². The minimum atomic E-state index is 0. The second-order valence-electron chi connectivity index (χ2n) is 8.06. The van der Waals surface area contributed by atoms with Gasteiger partial charge in [0, 0.05) is 61.7 Å². The molecule has 0 atom stereocenters. The highest BCUT2D eigenvalue weighted by molar-refractivity contribution is 7.80. The van der Waals surface area contributed by atoms with Gasteiger partial charge in [0.15, 0.2) is 5.11 Å². The van der Waals surface area contributed by atoms with Crippen LogP contribution in [0.5, 0.6) is 0 Å². The van der Waals surface area contributed by atoms with Gasteiger partial charge < -0.3 is 15.5 Å². The predicted molar refractivity (Wildman–Crippen MR) is 150 cm³/mol. The number of pyridine rings is 1. The van der Waals surface area contributed by atoms with E-state index in [1.165, 1.54) is 16.6 Å². The van der Waals surface area contributed by atoms with Gasteiger partial charge in [0.05, 0.1) is 5.52 Å². The second-order valence-corrected chi connectivity index (χ2v) is 8.47. The van der Waals surface area contributed by atoms with Crippen LogP contribution in [0.2, 0.25) is 0 Å². The minimum absolute atomic E-state index is 0. The van der Waals surface area contributed by atoms with E-state index in [1.807, 2.05) is 13.8 Å². The average molecular weight is 507 g/mol. The number of aryl methyl sites for hydroxylation is 1. The number of thiocarbonyl (C=S) groups is 1. The van der Waals surface area contributed by atoms with Crippen LogP contribution in [0.4, 0.5) is 11.4 Å². The third kappa shape index (κ3) is 7.18. The summed E-state index contributed by atoms with van der Waals surface area (Å²) >= 11 is 5.29. The van der Waals surface area contributed by atoms with Gasteiger partial charge in [0.25, 0.3) is 0 Å². The van der Waals surface area contributed by atoms with E-state index in [2.05, 4.69) is 75.0 Å². The predicted octanol–water partition coefficient (Wildman–Crippen LogP) is 5.06. The third-order valence-corrected chi connectivity index (χ3v) is 6.05. The van der Waals surface area contributed by atoms with Crippen molar-refractivity contribution < 1.29 is 0 Å². The topological polar surface area (TPSA) is 43.4 Å². The Morgan fingerprint density at radius 2 is 1.76 bits per heavy atom. The lowest BCUT2D eigenvalue weighted by atomic mass is 10.1. The highest BCUT2D eigenvalue weighted by Gasteiger charge is 2.18. The Bertz CT molecular complexity index is 1050. The van der Waals surface area contributed by atoms with Crippen LogP contribution in [0.15, 0.2) is 54.6 Å². The maximum atomic E-state index is 5.29. The van der Waals surface area contributed by atoms with E-state index in [1.54, 1.807) is 0 Å². The first-order chi connectivity index (χ1) is 15.1. The van der Waals surface area contributed by atoms with Gasteiger partial charge in [-0.2, -0.15) is 0 Å². The summed E-state index contributed by atoms with van der Waals surface area (Å²) in [5.74, 6) is 0. The number of nitrogens with zero attached hydrogens (tertiary/aromatic N) is 3. The molecule has 1 aliphatic rings. The molecule has 5 nitrogen and oxygen atoms in total. The number of hydrogen-bond acceptors (Lipinski definition) is 4. The Morgan fingerprint density at radius 3 is 2.52 bits per heavy atom. The number of aromatic nitrogens is 1. The molecule has 4 rings (SSSR count). The smallest absolute Gasteiger partial charge is 0.170 e. The third-order valence-electron chi connectivity index (χ3n) is 5.80. The molecule has 178 valence electrons. The molecule has 3 aromatic rings. The zero-order chi connectivity index (χ0) is 21.6. The monoisotopic (exact) mass is 505 g/mol. The zero-order valence-electron chi connectivity index (χ0n) is 19.2. The molecule has 0 spiro atoms. The van der Waals surface area contributed by atoms with Crippen LogP contribution in [0.25, 0.3) is 10.9 Å². The van der Waals surface area contributed by atoms with Gasteiger partial charge in [-0.1, -0.05) is 18.2 Å². The first-order valence-corrected chi connectivity index (χ1v) is 11.5. The minimum Gasteiger partial charge on any atom is -0.368 e. The Balaban J connectivity index is 0.00000193. The molecule has 2 heterocycles. The van der Waals surface area contributed by atoms with Crippen molar-refractivity contribution in [3.8, 4) is 0 Å². The number of anilines is 2. The fourth-order valence-electron chi connectivity index (χ4n) is 4.16. The van der Waals surface area contributed by atoms with Gasteiger partial charge in [0.2, 0.25) is 0 Å². The van der Waals surface area contributed by atoms with Crippen LogP contribution in [-0.4, -0.2) is 54.3 Å². The van der Waals surface area contributed by atoms with E-state index >= 15 is 0 Å². The van der Waals surface area contributed by atoms with Crippen molar-refractivity contribution in [3.05, 3.63) is 65.9 Å². The molecule has 2 N–H and O–H groups in total. The molecule has 0 bridgehead atoms. The molecule has 0 aliphatic carbocycles. The average Bonchev–Trinajstić information content (AvgIpc) is 2.78. The number of fused-ring (bicyclic) bond motifs is 1. The van der Waals surface area contributed by atoms with E-state index in [0.29, 0.717) is 5.11 Å². The molecule has 0 radical (unpaired) electrons. The Labute approximate surface area is 214 Å². The Kier molecular flexibility index (Phi) is 10.6. The van der Waals surface area contributed by atoms with Crippen LogP contribution >= 0.6 is 37.0 Å².